The Hall–Kier alpha value is -3.60. The van der Waals surface area contributed by atoms with Crippen LogP contribution in [-0.4, -0.2) is 27.4 Å². The summed E-state index contributed by atoms with van der Waals surface area (Å²) in [5, 5.41) is 14.5. The number of benzene rings is 1. The molecule has 15 heteroatoms. The molecule has 4 rings (SSSR count). The van der Waals surface area contributed by atoms with Gasteiger partial charge in [-0.15, -0.1) is 0 Å². The van der Waals surface area contributed by atoms with Crippen LogP contribution in [0.5, 0.6) is 0 Å². The predicted molar refractivity (Wildman–Crippen MR) is 111 cm³/mol. The number of alkyl halides is 8. The monoisotopic (exact) mass is 552 g/mol. The molecule has 1 fully saturated rings. The Bertz CT molecular complexity index is 1430. The number of furan rings is 1. The fraction of sp³-hybridized carbons (Fsp3) is 0.318. The minimum Gasteiger partial charge on any atom is -0.454 e. The van der Waals surface area contributed by atoms with E-state index in [1.54, 1.807) is 0 Å². The third-order valence-corrected chi connectivity index (χ3v) is 5.97. The highest BCUT2D eigenvalue weighted by molar-refractivity contribution is 6.34. The van der Waals surface area contributed by atoms with Crippen molar-refractivity contribution in [1.82, 2.24) is 15.1 Å². The number of halogens is 9. The predicted octanol–water partition coefficient (Wildman–Crippen LogP) is 6.46. The van der Waals surface area contributed by atoms with Crippen LogP contribution in [-0.2, 0) is 19.1 Å². The maximum atomic E-state index is 13.9. The Kier molecular flexibility index (Phi) is 6.06. The summed E-state index contributed by atoms with van der Waals surface area (Å²) in [7, 11) is 0.760. The second-order valence-corrected chi connectivity index (χ2v) is 8.68. The molecule has 37 heavy (non-hydrogen) atoms. The van der Waals surface area contributed by atoms with Gasteiger partial charge in [-0.25, -0.2) is 0 Å². The van der Waals surface area contributed by atoms with E-state index in [9.17, 15) is 39.9 Å². The molecular weight excluding hydrogens is 540 g/mol. The van der Waals surface area contributed by atoms with Crippen LogP contribution >= 0.6 is 11.6 Å². The average Bonchev–Trinajstić information content (AvgIpc) is 3.21. The summed E-state index contributed by atoms with van der Waals surface area (Å²) in [5.74, 6) is -7.45. The van der Waals surface area contributed by atoms with Crippen LogP contribution < -0.4 is 5.32 Å². The minimum absolute atomic E-state index is 0.00761. The zero-order valence-corrected chi connectivity index (χ0v) is 19.1. The third kappa shape index (κ3) is 4.63. The lowest BCUT2D eigenvalue weighted by atomic mass is 10.1. The summed E-state index contributed by atoms with van der Waals surface area (Å²) in [6, 6.07) is 7.89. The first-order chi connectivity index (χ1) is 17.0. The van der Waals surface area contributed by atoms with E-state index in [1.807, 2.05) is 6.07 Å². The summed E-state index contributed by atoms with van der Waals surface area (Å²) in [4.78, 5) is 12.6. The van der Waals surface area contributed by atoms with Gasteiger partial charge in [-0.1, -0.05) is 11.6 Å². The van der Waals surface area contributed by atoms with Gasteiger partial charge >= 0.3 is 18.3 Å². The van der Waals surface area contributed by atoms with Crippen LogP contribution in [0.3, 0.4) is 0 Å². The van der Waals surface area contributed by atoms with Gasteiger partial charge in [-0.3, -0.25) is 9.48 Å². The molecule has 1 aliphatic carbocycles. The van der Waals surface area contributed by atoms with Gasteiger partial charge < -0.3 is 9.73 Å². The molecular formula is C22H13ClF8N4O2. The second kappa shape index (κ2) is 8.47. The summed E-state index contributed by atoms with van der Waals surface area (Å²) >= 11 is 6.07. The molecule has 2 heterocycles. The van der Waals surface area contributed by atoms with Crippen molar-refractivity contribution < 1.29 is 44.3 Å². The van der Waals surface area contributed by atoms with Crippen LogP contribution in [0.1, 0.15) is 34.5 Å². The maximum Gasteiger partial charge on any atom is 0.459 e. The van der Waals surface area contributed by atoms with Crippen molar-refractivity contribution in [2.75, 3.05) is 0 Å². The molecule has 1 amide bonds. The quantitative estimate of drug-likeness (QED) is 0.368. The highest BCUT2D eigenvalue weighted by atomic mass is 35.5. The van der Waals surface area contributed by atoms with Crippen molar-refractivity contribution in [3.05, 3.63) is 52.2 Å². The van der Waals surface area contributed by atoms with E-state index in [1.165, 1.54) is 18.2 Å². The molecule has 0 unspecified atom stereocenters. The van der Waals surface area contributed by atoms with Crippen molar-refractivity contribution in [1.29, 1.82) is 5.26 Å². The fourth-order valence-corrected chi connectivity index (χ4v) is 3.78. The lowest BCUT2D eigenvalue weighted by Crippen LogP contribution is -2.36. The lowest BCUT2D eigenvalue weighted by molar-refractivity contribution is -0.292. The van der Waals surface area contributed by atoms with E-state index in [4.69, 9.17) is 21.3 Å². The number of rotatable bonds is 5. The van der Waals surface area contributed by atoms with Crippen molar-refractivity contribution in [3.8, 4) is 28.8 Å². The molecule has 1 N–H and O–H groups in total. The normalized spacial score (nSPS) is 15.4. The van der Waals surface area contributed by atoms with E-state index in [0.717, 1.165) is 19.2 Å². The number of carbonyl (C=O) groups is 1. The first-order valence-corrected chi connectivity index (χ1v) is 10.6. The lowest BCUT2D eigenvalue weighted by Gasteiger charge is -2.19. The highest BCUT2D eigenvalue weighted by Gasteiger charge is 2.64. The molecule has 2 aromatic heterocycles. The van der Waals surface area contributed by atoms with Crippen LogP contribution in [0.25, 0.3) is 22.8 Å². The van der Waals surface area contributed by atoms with Crippen LogP contribution in [0.15, 0.2) is 34.7 Å². The number of amides is 1. The Balaban J connectivity index is 1.77. The summed E-state index contributed by atoms with van der Waals surface area (Å²) in [6.45, 7) is 0. The van der Waals surface area contributed by atoms with Gasteiger partial charge in [-0.05, 0) is 43.2 Å². The van der Waals surface area contributed by atoms with Crippen molar-refractivity contribution in [2.45, 2.75) is 36.7 Å². The van der Waals surface area contributed by atoms with E-state index >= 15 is 0 Å². The molecule has 6 nitrogen and oxygen atoms in total. The highest BCUT2D eigenvalue weighted by Crippen LogP contribution is 2.50. The topological polar surface area (TPSA) is 83.9 Å². The zero-order chi connectivity index (χ0) is 27.6. The number of nitriles is 1. The van der Waals surface area contributed by atoms with E-state index in [2.05, 4.69) is 10.4 Å². The standard InChI is InChI=1S/C22H13ClF8N4O2/c1-35-16(15(21(26,27)28)17(34-35)20(24,25)22(29,30)31)14-5-4-13(37-14)10-2-3-12(23)11(8-10)18(36)33-19(9-32)6-7-19/h2-5,8H,6-7H2,1H3,(H,33,36). The summed E-state index contributed by atoms with van der Waals surface area (Å²) in [6.07, 6.45) is -11.1. The first-order valence-electron chi connectivity index (χ1n) is 10.2. The minimum atomic E-state index is -6.34. The van der Waals surface area contributed by atoms with Gasteiger partial charge in [0.15, 0.2) is 11.5 Å². The van der Waals surface area contributed by atoms with Crippen LogP contribution in [0, 0.1) is 11.3 Å². The number of aryl methyl sites for hydroxylation is 1. The van der Waals surface area contributed by atoms with Gasteiger partial charge in [0.1, 0.15) is 22.6 Å². The Morgan fingerprint density at radius 3 is 2.27 bits per heavy atom. The molecule has 1 aliphatic rings. The van der Waals surface area contributed by atoms with Gasteiger partial charge in [0.05, 0.1) is 16.7 Å². The van der Waals surface area contributed by atoms with Crippen molar-refractivity contribution in [2.24, 2.45) is 7.05 Å². The molecule has 0 bridgehead atoms. The Labute approximate surface area is 207 Å². The molecule has 196 valence electrons. The van der Waals surface area contributed by atoms with Gasteiger partial charge in [0.2, 0.25) is 0 Å². The van der Waals surface area contributed by atoms with Crippen molar-refractivity contribution >= 4 is 17.5 Å². The molecule has 1 saturated carbocycles. The number of nitrogens with zero attached hydrogens (tertiary/aromatic N) is 3. The number of hydrogen-bond donors (Lipinski definition) is 1. The number of hydrogen-bond acceptors (Lipinski definition) is 4. The van der Waals surface area contributed by atoms with Gasteiger partial charge in [-0.2, -0.15) is 45.5 Å². The third-order valence-electron chi connectivity index (χ3n) is 5.64. The first kappa shape index (κ1) is 26.5. The fourth-order valence-electron chi connectivity index (χ4n) is 3.58. The van der Waals surface area contributed by atoms with Crippen LogP contribution in [0.2, 0.25) is 5.02 Å². The average molecular weight is 553 g/mol. The molecule has 0 radical (unpaired) electrons. The molecule has 1 aromatic carbocycles. The molecule has 0 spiro atoms. The summed E-state index contributed by atoms with van der Waals surface area (Å²) < 4.78 is 113. The summed E-state index contributed by atoms with van der Waals surface area (Å²) in [5.41, 5.74) is -6.95. The van der Waals surface area contributed by atoms with Crippen LogP contribution in [0.4, 0.5) is 35.1 Å². The van der Waals surface area contributed by atoms with E-state index in [-0.39, 0.29) is 26.6 Å². The second-order valence-electron chi connectivity index (χ2n) is 8.27. The zero-order valence-electron chi connectivity index (χ0n) is 18.4. The SMILES string of the molecule is Cn1nc(C(F)(F)C(F)(F)F)c(C(F)(F)F)c1-c1ccc(-c2ccc(Cl)c(C(=O)NC3(C#N)CC3)c2)o1. The molecule has 0 aliphatic heterocycles. The smallest absolute Gasteiger partial charge is 0.454 e. The number of aromatic nitrogens is 2. The largest absolute Gasteiger partial charge is 0.459 e. The van der Waals surface area contributed by atoms with Gasteiger partial charge in [0, 0.05) is 12.6 Å². The molecule has 0 atom stereocenters. The Morgan fingerprint density at radius 2 is 1.73 bits per heavy atom. The van der Waals surface area contributed by atoms with E-state index < -0.39 is 52.4 Å². The Morgan fingerprint density at radius 1 is 1.11 bits per heavy atom. The maximum absolute atomic E-state index is 13.9. The molecule has 3 aromatic rings. The number of carbonyl (C=O) groups excluding carboxylic acids is 1. The molecule has 0 saturated heterocycles. The van der Waals surface area contributed by atoms with Gasteiger partial charge in [0.25, 0.3) is 5.91 Å². The van der Waals surface area contributed by atoms with Crippen molar-refractivity contribution in [3.63, 3.8) is 0 Å². The number of nitrogens with one attached hydrogen (secondary N) is 1. The van der Waals surface area contributed by atoms with E-state index in [0.29, 0.717) is 12.8 Å².